The van der Waals surface area contributed by atoms with Gasteiger partial charge in [-0.15, -0.1) is 0 Å². The van der Waals surface area contributed by atoms with Gasteiger partial charge in [0, 0.05) is 11.1 Å². The van der Waals surface area contributed by atoms with Crippen LogP contribution in [0.2, 0.25) is 0 Å². The summed E-state index contributed by atoms with van der Waals surface area (Å²) in [6.45, 7) is 0. The molecule has 4 heteroatoms. The lowest BCUT2D eigenvalue weighted by Gasteiger charge is -2.09. The number of carbonyl (C=O) groups is 1. The van der Waals surface area contributed by atoms with Gasteiger partial charge in [-0.3, -0.25) is 0 Å². The highest BCUT2D eigenvalue weighted by molar-refractivity contribution is 5.89. The van der Waals surface area contributed by atoms with Crippen LogP contribution in [0.5, 0.6) is 5.75 Å². The fourth-order valence-electron chi connectivity index (χ4n) is 2.50. The van der Waals surface area contributed by atoms with Gasteiger partial charge >= 0.3 is 5.97 Å². The van der Waals surface area contributed by atoms with Crippen LogP contribution in [-0.2, 0) is 11.2 Å². The van der Waals surface area contributed by atoms with Crippen molar-refractivity contribution in [2.75, 3.05) is 0 Å². The Hall–Kier alpha value is -1.97. The Balaban J connectivity index is 2.31. The molecule has 0 amide bonds. The molecule has 1 aliphatic rings. The van der Waals surface area contributed by atoms with E-state index in [0.29, 0.717) is 6.42 Å². The van der Waals surface area contributed by atoms with Gasteiger partial charge in [-0.25, -0.2) is 4.79 Å². The van der Waals surface area contributed by atoms with Crippen molar-refractivity contribution in [1.29, 1.82) is 0 Å². The number of rotatable bonds is 1. The Labute approximate surface area is 91.7 Å². The van der Waals surface area contributed by atoms with E-state index in [1.54, 1.807) is 12.1 Å². The number of aromatic hydroxyl groups is 1. The molecular formula is C12H11NO3. The van der Waals surface area contributed by atoms with Crippen molar-refractivity contribution in [3.63, 3.8) is 0 Å². The summed E-state index contributed by atoms with van der Waals surface area (Å²) >= 11 is 0. The zero-order valence-corrected chi connectivity index (χ0v) is 8.55. The Bertz CT molecular complexity index is 585. The molecule has 0 saturated heterocycles. The van der Waals surface area contributed by atoms with Gasteiger partial charge in [0.25, 0.3) is 0 Å². The number of hydrogen-bond donors (Lipinski definition) is 2. The molecule has 2 heterocycles. The maximum Gasteiger partial charge on any atom is 0.326 e. The van der Waals surface area contributed by atoms with E-state index in [9.17, 15) is 9.90 Å². The Morgan fingerprint density at radius 1 is 1.44 bits per heavy atom. The first-order valence-electron chi connectivity index (χ1n) is 5.23. The normalized spacial score (nSPS) is 18.9. The summed E-state index contributed by atoms with van der Waals surface area (Å²) in [5.74, 6) is -0.594. The topological polar surface area (TPSA) is 62.5 Å². The lowest BCUT2D eigenvalue weighted by molar-refractivity contribution is -0.140. The van der Waals surface area contributed by atoms with E-state index in [1.807, 2.05) is 16.7 Å². The molecule has 0 aliphatic carbocycles. The van der Waals surface area contributed by atoms with Crippen molar-refractivity contribution in [2.24, 2.45) is 0 Å². The van der Waals surface area contributed by atoms with Crippen LogP contribution < -0.4 is 0 Å². The zero-order chi connectivity index (χ0) is 11.3. The van der Waals surface area contributed by atoms with Gasteiger partial charge in [0.05, 0.1) is 5.52 Å². The second-order valence-electron chi connectivity index (χ2n) is 4.11. The summed E-state index contributed by atoms with van der Waals surface area (Å²) in [4.78, 5) is 11.1. The average Bonchev–Trinajstić information content (AvgIpc) is 2.77. The van der Waals surface area contributed by atoms with Gasteiger partial charge in [-0.05, 0) is 31.0 Å². The van der Waals surface area contributed by atoms with Crippen LogP contribution in [0.4, 0.5) is 0 Å². The highest BCUT2D eigenvalue weighted by Crippen LogP contribution is 2.36. The number of aliphatic carboxylic acids is 1. The molecule has 0 fully saturated rings. The maximum atomic E-state index is 11.1. The van der Waals surface area contributed by atoms with E-state index < -0.39 is 12.0 Å². The number of benzene rings is 1. The SMILES string of the molecule is O=C(O)C1CCc2cc3c(O)cccc3n21. The summed E-state index contributed by atoms with van der Waals surface area (Å²) < 4.78 is 1.82. The molecule has 4 nitrogen and oxygen atoms in total. The van der Waals surface area contributed by atoms with Crippen molar-refractivity contribution < 1.29 is 15.0 Å². The van der Waals surface area contributed by atoms with Crippen molar-refractivity contribution in [3.05, 3.63) is 30.0 Å². The molecule has 2 aromatic rings. The van der Waals surface area contributed by atoms with Gasteiger partial charge < -0.3 is 14.8 Å². The largest absolute Gasteiger partial charge is 0.507 e. The monoisotopic (exact) mass is 217 g/mol. The molecule has 2 N–H and O–H groups in total. The quantitative estimate of drug-likeness (QED) is 0.767. The number of nitrogens with zero attached hydrogens (tertiary/aromatic N) is 1. The fourth-order valence-corrected chi connectivity index (χ4v) is 2.50. The second kappa shape index (κ2) is 3.01. The van der Waals surface area contributed by atoms with Crippen LogP contribution in [0.25, 0.3) is 10.9 Å². The molecule has 1 unspecified atom stereocenters. The van der Waals surface area contributed by atoms with Crippen molar-refractivity contribution in [2.45, 2.75) is 18.9 Å². The maximum absolute atomic E-state index is 11.1. The summed E-state index contributed by atoms with van der Waals surface area (Å²) in [6.07, 6.45) is 1.39. The van der Waals surface area contributed by atoms with E-state index in [4.69, 9.17) is 5.11 Å². The van der Waals surface area contributed by atoms with Crippen molar-refractivity contribution in [3.8, 4) is 5.75 Å². The predicted molar refractivity (Wildman–Crippen MR) is 58.6 cm³/mol. The van der Waals surface area contributed by atoms with Gasteiger partial charge in [0.1, 0.15) is 11.8 Å². The van der Waals surface area contributed by atoms with Crippen LogP contribution in [0.1, 0.15) is 18.2 Å². The number of phenolic OH excluding ortho intramolecular Hbond substituents is 1. The Kier molecular flexibility index (Phi) is 1.74. The van der Waals surface area contributed by atoms with Crippen LogP contribution in [-0.4, -0.2) is 20.7 Å². The number of fused-ring (bicyclic) bond motifs is 3. The molecular weight excluding hydrogens is 206 g/mol. The molecule has 0 radical (unpaired) electrons. The lowest BCUT2D eigenvalue weighted by Crippen LogP contribution is -2.14. The molecule has 1 aliphatic heterocycles. The van der Waals surface area contributed by atoms with Crippen LogP contribution >= 0.6 is 0 Å². The zero-order valence-electron chi connectivity index (χ0n) is 8.55. The first kappa shape index (κ1) is 9.27. The number of phenols is 1. The third-order valence-electron chi connectivity index (χ3n) is 3.21. The lowest BCUT2D eigenvalue weighted by atomic mass is 10.1. The first-order valence-corrected chi connectivity index (χ1v) is 5.23. The van der Waals surface area contributed by atoms with E-state index >= 15 is 0 Å². The molecule has 0 saturated carbocycles. The van der Waals surface area contributed by atoms with E-state index in [0.717, 1.165) is 23.0 Å². The van der Waals surface area contributed by atoms with Gasteiger partial charge in [0.2, 0.25) is 0 Å². The van der Waals surface area contributed by atoms with Crippen molar-refractivity contribution >= 4 is 16.9 Å². The standard InChI is InChI=1S/C12H11NO3/c14-11-3-1-2-9-8(11)6-7-4-5-10(12(15)16)13(7)9/h1-3,6,10,14H,4-5H2,(H,15,16). The highest BCUT2D eigenvalue weighted by atomic mass is 16.4. The van der Waals surface area contributed by atoms with Gasteiger partial charge in [-0.2, -0.15) is 0 Å². The summed E-state index contributed by atoms with van der Waals surface area (Å²) in [6, 6.07) is 6.60. The fraction of sp³-hybridized carbons (Fsp3) is 0.250. The molecule has 0 bridgehead atoms. The second-order valence-corrected chi connectivity index (χ2v) is 4.11. The summed E-state index contributed by atoms with van der Waals surface area (Å²) in [5.41, 5.74) is 1.80. The minimum Gasteiger partial charge on any atom is -0.507 e. The molecule has 1 atom stereocenters. The number of carboxylic acids is 1. The number of carboxylic acid groups (broad SMARTS) is 1. The van der Waals surface area contributed by atoms with E-state index in [2.05, 4.69) is 0 Å². The van der Waals surface area contributed by atoms with Crippen LogP contribution in [0.15, 0.2) is 24.3 Å². The molecule has 1 aromatic carbocycles. The highest BCUT2D eigenvalue weighted by Gasteiger charge is 2.29. The number of hydrogen-bond acceptors (Lipinski definition) is 2. The third kappa shape index (κ3) is 1.07. The predicted octanol–water partition coefficient (Wildman–Crippen LogP) is 1.92. The molecule has 82 valence electrons. The smallest absolute Gasteiger partial charge is 0.326 e. The molecule has 0 spiro atoms. The summed E-state index contributed by atoms with van der Waals surface area (Å²) in [7, 11) is 0. The minimum absolute atomic E-state index is 0.212. The third-order valence-corrected chi connectivity index (χ3v) is 3.21. The van der Waals surface area contributed by atoms with Gasteiger partial charge in [0.15, 0.2) is 0 Å². The average molecular weight is 217 g/mol. The van der Waals surface area contributed by atoms with Crippen LogP contribution in [0.3, 0.4) is 0 Å². The molecule has 16 heavy (non-hydrogen) atoms. The number of aryl methyl sites for hydroxylation is 1. The van der Waals surface area contributed by atoms with Crippen molar-refractivity contribution in [1.82, 2.24) is 4.57 Å². The van der Waals surface area contributed by atoms with Crippen LogP contribution in [0, 0.1) is 0 Å². The Morgan fingerprint density at radius 2 is 2.25 bits per heavy atom. The Morgan fingerprint density at radius 3 is 3.00 bits per heavy atom. The molecule has 3 rings (SSSR count). The first-order chi connectivity index (χ1) is 7.68. The summed E-state index contributed by atoms with van der Waals surface area (Å²) in [5, 5.41) is 19.6. The molecule has 1 aromatic heterocycles. The van der Waals surface area contributed by atoms with E-state index in [-0.39, 0.29) is 5.75 Å². The minimum atomic E-state index is -0.806. The van der Waals surface area contributed by atoms with E-state index in [1.165, 1.54) is 0 Å². The number of aromatic nitrogens is 1. The van der Waals surface area contributed by atoms with Gasteiger partial charge in [-0.1, -0.05) is 6.07 Å².